The van der Waals surface area contributed by atoms with Crippen molar-refractivity contribution in [2.45, 2.75) is 26.8 Å². The van der Waals surface area contributed by atoms with Crippen LogP contribution in [0.25, 0.3) is 0 Å². The van der Waals surface area contributed by atoms with E-state index >= 15 is 0 Å². The van der Waals surface area contributed by atoms with E-state index in [1.165, 1.54) is 11.4 Å². The molecule has 2 rings (SSSR count). The predicted molar refractivity (Wildman–Crippen MR) is 60.3 cm³/mol. The average molecular weight is 204 g/mol. The third-order valence-electron chi connectivity index (χ3n) is 2.58. The van der Waals surface area contributed by atoms with Crippen molar-refractivity contribution < 1.29 is 0 Å². The van der Waals surface area contributed by atoms with Crippen LogP contribution in [0, 0.1) is 13.8 Å². The van der Waals surface area contributed by atoms with Crippen molar-refractivity contribution in [3.63, 3.8) is 0 Å². The molecular weight excluding hydrogens is 188 g/mol. The van der Waals surface area contributed by atoms with E-state index in [0.29, 0.717) is 0 Å². The first-order valence-corrected chi connectivity index (χ1v) is 5.09. The standard InChI is InChI=1S/C11H16N4/c1-8-4-5-9(2)15(8)14-10(3)11-6-7-12-13-11/h4-7,10,14H,1-3H3,(H,12,13). The fourth-order valence-electron chi connectivity index (χ4n) is 1.64. The Bertz CT molecular complexity index is 408. The van der Waals surface area contributed by atoms with Crippen molar-refractivity contribution >= 4 is 0 Å². The van der Waals surface area contributed by atoms with E-state index in [4.69, 9.17) is 0 Å². The molecule has 0 fully saturated rings. The maximum atomic E-state index is 3.94. The zero-order valence-electron chi connectivity index (χ0n) is 9.28. The van der Waals surface area contributed by atoms with Crippen LogP contribution in [0.15, 0.2) is 24.4 Å². The number of nitrogens with one attached hydrogen (secondary N) is 2. The van der Waals surface area contributed by atoms with Gasteiger partial charge in [0.15, 0.2) is 0 Å². The molecule has 1 atom stereocenters. The Hall–Kier alpha value is -1.71. The Labute approximate surface area is 89.3 Å². The fourth-order valence-corrected chi connectivity index (χ4v) is 1.64. The number of aromatic amines is 1. The van der Waals surface area contributed by atoms with Crippen molar-refractivity contribution in [1.29, 1.82) is 0 Å². The number of aryl methyl sites for hydroxylation is 2. The lowest BCUT2D eigenvalue weighted by molar-refractivity contribution is 0.681. The molecule has 2 aromatic rings. The van der Waals surface area contributed by atoms with Gasteiger partial charge in [-0.15, -0.1) is 0 Å². The maximum absolute atomic E-state index is 3.94. The summed E-state index contributed by atoms with van der Waals surface area (Å²) >= 11 is 0. The van der Waals surface area contributed by atoms with Gasteiger partial charge in [-0.2, -0.15) is 5.10 Å². The molecule has 4 nitrogen and oxygen atoms in total. The van der Waals surface area contributed by atoms with Gasteiger partial charge in [0.1, 0.15) is 0 Å². The van der Waals surface area contributed by atoms with Crippen LogP contribution >= 0.6 is 0 Å². The summed E-state index contributed by atoms with van der Waals surface area (Å²) in [6.07, 6.45) is 1.77. The normalized spacial score (nSPS) is 12.7. The van der Waals surface area contributed by atoms with Crippen LogP contribution in [0.4, 0.5) is 0 Å². The highest BCUT2D eigenvalue weighted by molar-refractivity contribution is 5.17. The van der Waals surface area contributed by atoms with E-state index in [0.717, 1.165) is 5.69 Å². The van der Waals surface area contributed by atoms with Gasteiger partial charge in [-0.05, 0) is 39.0 Å². The highest BCUT2D eigenvalue weighted by Crippen LogP contribution is 2.12. The number of hydrogen-bond donors (Lipinski definition) is 2. The van der Waals surface area contributed by atoms with Crippen molar-refractivity contribution in [1.82, 2.24) is 14.9 Å². The topological polar surface area (TPSA) is 45.6 Å². The van der Waals surface area contributed by atoms with E-state index in [2.05, 4.69) is 53.2 Å². The molecule has 0 saturated carbocycles. The number of nitrogens with zero attached hydrogens (tertiary/aromatic N) is 2. The molecule has 4 heteroatoms. The molecule has 0 aliphatic heterocycles. The zero-order valence-corrected chi connectivity index (χ0v) is 9.28. The average Bonchev–Trinajstić information content (AvgIpc) is 2.82. The lowest BCUT2D eigenvalue weighted by Crippen LogP contribution is -2.21. The van der Waals surface area contributed by atoms with Crippen LogP contribution in [-0.4, -0.2) is 14.9 Å². The minimum Gasteiger partial charge on any atom is -0.317 e. The van der Waals surface area contributed by atoms with Crippen molar-refractivity contribution in [3.05, 3.63) is 41.5 Å². The van der Waals surface area contributed by atoms with Crippen molar-refractivity contribution in [2.75, 3.05) is 5.43 Å². The molecule has 2 heterocycles. The first-order chi connectivity index (χ1) is 7.18. The van der Waals surface area contributed by atoms with E-state index in [1.54, 1.807) is 6.20 Å². The molecule has 15 heavy (non-hydrogen) atoms. The number of H-pyrrole nitrogens is 1. The number of aromatic nitrogens is 3. The third-order valence-corrected chi connectivity index (χ3v) is 2.58. The Morgan fingerprint density at radius 2 is 1.93 bits per heavy atom. The second-order valence-corrected chi connectivity index (χ2v) is 3.81. The van der Waals surface area contributed by atoms with Crippen LogP contribution < -0.4 is 5.43 Å². The summed E-state index contributed by atoms with van der Waals surface area (Å²) in [5.41, 5.74) is 6.91. The largest absolute Gasteiger partial charge is 0.317 e. The third kappa shape index (κ3) is 1.88. The van der Waals surface area contributed by atoms with Gasteiger partial charge in [0.2, 0.25) is 0 Å². The number of hydrogen-bond acceptors (Lipinski definition) is 2. The number of rotatable bonds is 3. The quantitative estimate of drug-likeness (QED) is 0.804. The summed E-state index contributed by atoms with van der Waals surface area (Å²) in [5, 5.41) is 6.91. The summed E-state index contributed by atoms with van der Waals surface area (Å²) in [5.74, 6) is 0. The van der Waals surface area contributed by atoms with Crippen LogP contribution in [0.2, 0.25) is 0 Å². The summed E-state index contributed by atoms with van der Waals surface area (Å²) < 4.78 is 2.09. The molecule has 1 unspecified atom stereocenters. The van der Waals surface area contributed by atoms with Crippen molar-refractivity contribution in [3.8, 4) is 0 Å². The molecule has 0 spiro atoms. The zero-order chi connectivity index (χ0) is 10.8. The molecule has 2 aromatic heterocycles. The van der Waals surface area contributed by atoms with Gasteiger partial charge < -0.3 is 5.43 Å². The van der Waals surface area contributed by atoms with Crippen molar-refractivity contribution in [2.24, 2.45) is 0 Å². The molecular formula is C11H16N4. The van der Waals surface area contributed by atoms with Gasteiger partial charge in [-0.3, -0.25) is 9.77 Å². The summed E-state index contributed by atoms with van der Waals surface area (Å²) in [6, 6.07) is 6.40. The van der Waals surface area contributed by atoms with Crippen LogP contribution in [0.5, 0.6) is 0 Å². The molecule has 0 amide bonds. The molecule has 80 valence electrons. The van der Waals surface area contributed by atoms with Gasteiger partial charge in [-0.1, -0.05) is 0 Å². The van der Waals surface area contributed by atoms with Gasteiger partial charge >= 0.3 is 0 Å². The lowest BCUT2D eigenvalue weighted by Gasteiger charge is -2.18. The minimum atomic E-state index is 0.220. The van der Waals surface area contributed by atoms with Crippen LogP contribution in [0.3, 0.4) is 0 Å². The SMILES string of the molecule is Cc1ccc(C)n1NC(C)c1ccn[nH]1. The monoisotopic (exact) mass is 204 g/mol. The van der Waals surface area contributed by atoms with Gasteiger partial charge in [0.05, 0.1) is 11.7 Å². The molecule has 0 aromatic carbocycles. The molecule has 0 aliphatic carbocycles. The molecule has 0 radical (unpaired) electrons. The smallest absolute Gasteiger partial charge is 0.0810 e. The summed E-state index contributed by atoms with van der Waals surface area (Å²) in [6.45, 7) is 6.27. The molecule has 2 N–H and O–H groups in total. The maximum Gasteiger partial charge on any atom is 0.0810 e. The van der Waals surface area contributed by atoms with Gasteiger partial charge in [-0.25, -0.2) is 0 Å². The van der Waals surface area contributed by atoms with E-state index < -0.39 is 0 Å². The first kappa shape index (κ1) is 9.83. The van der Waals surface area contributed by atoms with Gasteiger partial charge in [0.25, 0.3) is 0 Å². The molecule has 0 saturated heterocycles. The minimum absolute atomic E-state index is 0.220. The first-order valence-electron chi connectivity index (χ1n) is 5.09. The van der Waals surface area contributed by atoms with E-state index in [-0.39, 0.29) is 6.04 Å². The predicted octanol–water partition coefficient (Wildman–Crippen LogP) is 2.13. The second kappa shape index (κ2) is 3.81. The highest BCUT2D eigenvalue weighted by Gasteiger charge is 2.08. The lowest BCUT2D eigenvalue weighted by atomic mass is 10.2. The Balaban J connectivity index is 2.16. The summed E-state index contributed by atoms with van der Waals surface area (Å²) in [4.78, 5) is 0. The molecule has 0 aliphatic rings. The summed E-state index contributed by atoms with van der Waals surface area (Å²) in [7, 11) is 0. The fraction of sp³-hybridized carbons (Fsp3) is 0.364. The van der Waals surface area contributed by atoms with E-state index in [1.807, 2.05) is 6.07 Å². The highest BCUT2D eigenvalue weighted by atomic mass is 15.4. The van der Waals surface area contributed by atoms with Gasteiger partial charge in [0, 0.05) is 17.6 Å². The van der Waals surface area contributed by atoms with Crippen LogP contribution in [-0.2, 0) is 0 Å². The Kier molecular flexibility index (Phi) is 2.49. The second-order valence-electron chi connectivity index (χ2n) is 3.81. The van der Waals surface area contributed by atoms with E-state index in [9.17, 15) is 0 Å². The van der Waals surface area contributed by atoms with Crippen LogP contribution in [0.1, 0.15) is 30.0 Å². The Morgan fingerprint density at radius 1 is 1.27 bits per heavy atom. The molecule has 0 bridgehead atoms. The Morgan fingerprint density at radius 3 is 2.47 bits per heavy atom.